The summed E-state index contributed by atoms with van der Waals surface area (Å²) in [4.78, 5) is 22.8. The molecule has 0 atom stereocenters. The van der Waals surface area contributed by atoms with Crippen molar-refractivity contribution in [2.45, 2.75) is 32.0 Å². The van der Waals surface area contributed by atoms with Gasteiger partial charge in [0.2, 0.25) is 0 Å². The number of rotatable bonds is 6. The summed E-state index contributed by atoms with van der Waals surface area (Å²) in [5.41, 5.74) is 0.792. The Morgan fingerprint density at radius 3 is 2.95 bits per heavy atom. The van der Waals surface area contributed by atoms with Gasteiger partial charge in [-0.25, -0.2) is 14.8 Å². The molecule has 0 bridgehead atoms. The van der Waals surface area contributed by atoms with Crippen LogP contribution in [0.4, 0.5) is 0 Å². The fourth-order valence-electron chi connectivity index (χ4n) is 2.21. The molecule has 2 aromatic heterocycles. The first-order chi connectivity index (χ1) is 9.74. The van der Waals surface area contributed by atoms with Gasteiger partial charge in [0, 0.05) is 30.2 Å². The van der Waals surface area contributed by atoms with Crippen molar-refractivity contribution in [3.8, 4) is 0 Å². The minimum atomic E-state index is -0.965. The first kappa shape index (κ1) is 13.2. The average molecular weight is 289 g/mol. The summed E-state index contributed by atoms with van der Waals surface area (Å²) in [6, 6.07) is 4.70. The first-order valence-electron chi connectivity index (χ1n) is 6.52. The molecule has 0 spiro atoms. The quantitative estimate of drug-likeness (QED) is 0.884. The molecule has 2 aromatic rings. The van der Waals surface area contributed by atoms with Crippen LogP contribution in [0.2, 0.25) is 0 Å². The lowest BCUT2D eigenvalue weighted by Gasteiger charge is -2.21. The molecule has 0 saturated heterocycles. The van der Waals surface area contributed by atoms with E-state index in [9.17, 15) is 9.90 Å². The van der Waals surface area contributed by atoms with Crippen LogP contribution in [0.5, 0.6) is 0 Å². The minimum Gasteiger partial charge on any atom is -0.478 e. The molecule has 5 nitrogen and oxygen atoms in total. The van der Waals surface area contributed by atoms with Crippen LogP contribution in [0, 0.1) is 0 Å². The highest BCUT2D eigenvalue weighted by molar-refractivity contribution is 7.09. The standard InChI is InChI=1S/C14H15N3O2S/c18-14(19)12-6-15-9-16-13(12)8-17(10-3-4-10)7-11-2-1-5-20-11/h1-2,5-6,9-10H,3-4,7-8H2,(H,18,19). The van der Waals surface area contributed by atoms with Crippen LogP contribution in [0.1, 0.15) is 33.8 Å². The molecule has 0 aromatic carbocycles. The van der Waals surface area contributed by atoms with E-state index in [2.05, 4.69) is 26.3 Å². The molecule has 20 heavy (non-hydrogen) atoms. The topological polar surface area (TPSA) is 66.3 Å². The number of hydrogen-bond donors (Lipinski definition) is 1. The fraction of sp³-hybridized carbons (Fsp3) is 0.357. The molecule has 0 amide bonds. The van der Waals surface area contributed by atoms with E-state index in [1.807, 2.05) is 6.07 Å². The Morgan fingerprint density at radius 2 is 2.30 bits per heavy atom. The van der Waals surface area contributed by atoms with Crippen LogP contribution in [-0.2, 0) is 13.1 Å². The van der Waals surface area contributed by atoms with Gasteiger partial charge in [0.1, 0.15) is 11.9 Å². The van der Waals surface area contributed by atoms with Gasteiger partial charge in [-0.2, -0.15) is 0 Å². The molecule has 1 N–H and O–H groups in total. The molecule has 0 radical (unpaired) electrons. The van der Waals surface area contributed by atoms with Crippen molar-refractivity contribution in [3.05, 3.63) is 46.2 Å². The number of aromatic nitrogens is 2. The van der Waals surface area contributed by atoms with Gasteiger partial charge in [0.25, 0.3) is 0 Å². The summed E-state index contributed by atoms with van der Waals surface area (Å²) in [6.07, 6.45) is 5.15. The SMILES string of the molecule is O=C(O)c1cncnc1CN(Cc1cccs1)C1CC1. The van der Waals surface area contributed by atoms with Gasteiger partial charge in [-0.15, -0.1) is 11.3 Å². The maximum absolute atomic E-state index is 11.2. The van der Waals surface area contributed by atoms with Crippen molar-refractivity contribution < 1.29 is 9.90 Å². The van der Waals surface area contributed by atoms with Crippen LogP contribution < -0.4 is 0 Å². The lowest BCUT2D eigenvalue weighted by atomic mass is 10.2. The third kappa shape index (κ3) is 3.02. The van der Waals surface area contributed by atoms with E-state index in [0.29, 0.717) is 18.3 Å². The Kier molecular flexibility index (Phi) is 3.75. The van der Waals surface area contributed by atoms with E-state index in [4.69, 9.17) is 0 Å². The molecule has 1 fully saturated rings. The minimum absolute atomic E-state index is 0.198. The first-order valence-corrected chi connectivity index (χ1v) is 7.40. The highest BCUT2D eigenvalue weighted by Crippen LogP contribution is 2.30. The van der Waals surface area contributed by atoms with Crippen LogP contribution in [0.15, 0.2) is 30.0 Å². The highest BCUT2D eigenvalue weighted by atomic mass is 32.1. The number of hydrogen-bond acceptors (Lipinski definition) is 5. The lowest BCUT2D eigenvalue weighted by molar-refractivity contribution is 0.0693. The third-order valence-corrected chi connectivity index (χ3v) is 4.24. The van der Waals surface area contributed by atoms with E-state index < -0.39 is 5.97 Å². The normalized spacial score (nSPS) is 14.7. The molecule has 6 heteroatoms. The van der Waals surface area contributed by atoms with Crippen molar-refractivity contribution in [1.29, 1.82) is 0 Å². The van der Waals surface area contributed by atoms with Gasteiger partial charge < -0.3 is 5.11 Å². The maximum atomic E-state index is 11.2. The predicted molar refractivity (Wildman–Crippen MR) is 75.6 cm³/mol. The van der Waals surface area contributed by atoms with E-state index in [1.165, 1.54) is 30.2 Å². The zero-order chi connectivity index (χ0) is 13.9. The van der Waals surface area contributed by atoms with Gasteiger partial charge in [-0.05, 0) is 24.3 Å². The number of carboxylic acids is 1. The Morgan fingerprint density at radius 1 is 1.45 bits per heavy atom. The van der Waals surface area contributed by atoms with Gasteiger partial charge >= 0.3 is 5.97 Å². The largest absolute Gasteiger partial charge is 0.478 e. The second-order valence-corrected chi connectivity index (χ2v) is 5.94. The van der Waals surface area contributed by atoms with Gasteiger partial charge in [0.05, 0.1) is 5.69 Å². The number of thiophene rings is 1. The summed E-state index contributed by atoms with van der Waals surface area (Å²) in [5, 5.41) is 11.3. The van der Waals surface area contributed by atoms with Gasteiger partial charge in [-0.3, -0.25) is 4.90 Å². The molecule has 1 aliphatic carbocycles. The smallest absolute Gasteiger partial charge is 0.339 e. The molecule has 104 valence electrons. The van der Waals surface area contributed by atoms with Crippen molar-refractivity contribution in [1.82, 2.24) is 14.9 Å². The van der Waals surface area contributed by atoms with E-state index in [-0.39, 0.29) is 5.56 Å². The summed E-state index contributed by atoms with van der Waals surface area (Å²) in [6.45, 7) is 1.41. The van der Waals surface area contributed by atoms with E-state index in [0.717, 1.165) is 6.54 Å². The second kappa shape index (κ2) is 5.68. The maximum Gasteiger partial charge on any atom is 0.339 e. The Labute approximate surface area is 120 Å². The zero-order valence-corrected chi connectivity index (χ0v) is 11.7. The van der Waals surface area contributed by atoms with Crippen molar-refractivity contribution >= 4 is 17.3 Å². The molecular weight excluding hydrogens is 274 g/mol. The number of aromatic carboxylic acids is 1. The lowest BCUT2D eigenvalue weighted by Crippen LogP contribution is -2.26. The third-order valence-electron chi connectivity index (χ3n) is 3.38. The summed E-state index contributed by atoms with van der Waals surface area (Å²) in [5.74, 6) is -0.965. The average Bonchev–Trinajstić information content (AvgIpc) is 3.17. The number of nitrogens with zero attached hydrogens (tertiary/aromatic N) is 3. The molecule has 1 saturated carbocycles. The van der Waals surface area contributed by atoms with Crippen LogP contribution in [-0.4, -0.2) is 32.0 Å². The molecule has 0 unspecified atom stereocenters. The summed E-state index contributed by atoms with van der Waals surface area (Å²) in [7, 11) is 0. The highest BCUT2D eigenvalue weighted by Gasteiger charge is 2.30. The summed E-state index contributed by atoms with van der Waals surface area (Å²) >= 11 is 1.73. The predicted octanol–water partition coefficient (Wildman–Crippen LogP) is 2.40. The fourth-order valence-corrected chi connectivity index (χ4v) is 2.94. The Balaban J connectivity index is 1.78. The van der Waals surface area contributed by atoms with Gasteiger partial charge in [0.15, 0.2) is 0 Å². The van der Waals surface area contributed by atoms with Crippen LogP contribution in [0.25, 0.3) is 0 Å². The van der Waals surface area contributed by atoms with Crippen molar-refractivity contribution in [2.75, 3.05) is 0 Å². The zero-order valence-electron chi connectivity index (χ0n) is 10.9. The van der Waals surface area contributed by atoms with Crippen molar-refractivity contribution in [3.63, 3.8) is 0 Å². The summed E-state index contributed by atoms with van der Waals surface area (Å²) < 4.78 is 0. The molecule has 0 aliphatic heterocycles. The Hall–Kier alpha value is -1.79. The monoisotopic (exact) mass is 289 g/mol. The van der Waals surface area contributed by atoms with Gasteiger partial charge in [-0.1, -0.05) is 6.07 Å². The molecule has 1 aliphatic rings. The molecular formula is C14H15N3O2S. The molecule has 3 rings (SSSR count). The molecule has 2 heterocycles. The number of carboxylic acid groups (broad SMARTS) is 1. The number of carbonyl (C=O) groups is 1. The van der Waals surface area contributed by atoms with Crippen molar-refractivity contribution in [2.24, 2.45) is 0 Å². The van der Waals surface area contributed by atoms with E-state index >= 15 is 0 Å². The second-order valence-electron chi connectivity index (χ2n) is 4.90. The Bertz CT molecular complexity index is 596. The van der Waals surface area contributed by atoms with Crippen LogP contribution >= 0.6 is 11.3 Å². The van der Waals surface area contributed by atoms with Crippen LogP contribution in [0.3, 0.4) is 0 Å². The van der Waals surface area contributed by atoms with E-state index in [1.54, 1.807) is 11.3 Å².